The second-order valence-corrected chi connectivity index (χ2v) is 0.866. The summed E-state index contributed by atoms with van der Waals surface area (Å²) < 4.78 is 9.31. The van der Waals surface area contributed by atoms with E-state index < -0.39 is 0 Å². The standard InChI is InChI=1S/C2H6S.Ag.FH/c1-2-3;;/h3H,2H2,1H3;;1H/q;+1;/p-2. The molecule has 0 aliphatic carbocycles. The molecule has 38 valence electrons. The average molecular weight is 188 g/mol. The molecule has 0 spiro atoms. The van der Waals surface area contributed by atoms with Crippen LogP contribution < -0.4 is 0 Å². The van der Waals surface area contributed by atoms with Gasteiger partial charge in [-0.1, -0.05) is 6.92 Å². The van der Waals surface area contributed by atoms with E-state index in [0.717, 1.165) is 5.75 Å². The average Bonchev–Trinajstić information content (AvgIpc) is 1.46. The van der Waals surface area contributed by atoms with Crippen molar-refractivity contribution in [2.24, 2.45) is 0 Å². The van der Waals surface area contributed by atoms with Crippen molar-refractivity contribution in [2.75, 3.05) is 5.75 Å². The van der Waals surface area contributed by atoms with Crippen LogP contribution in [0.5, 0.6) is 0 Å². The molecule has 0 N–H and O–H groups in total. The Morgan fingerprint density at radius 1 is 1.80 bits per heavy atom. The van der Waals surface area contributed by atoms with Gasteiger partial charge < -0.3 is 12.6 Å². The maximum absolute atomic E-state index is 9.31. The molecule has 0 unspecified atom stereocenters. The fourth-order valence-corrected chi connectivity index (χ4v) is 0. The van der Waals surface area contributed by atoms with Gasteiger partial charge in [0.15, 0.2) is 0 Å². The predicted molar refractivity (Wildman–Crippen MR) is 19.0 cm³/mol. The molecule has 0 aliphatic rings. The van der Waals surface area contributed by atoms with Crippen LogP contribution in [0, 0.1) is 0 Å². The molecule has 0 rings (SSSR count). The first-order valence-electron chi connectivity index (χ1n) is 1.11. The summed E-state index contributed by atoms with van der Waals surface area (Å²) in [6.07, 6.45) is 0. The predicted octanol–water partition coefficient (Wildman–Crippen LogP) is 0.971. The van der Waals surface area contributed by atoms with Gasteiger partial charge in [0.1, 0.15) is 0 Å². The molecule has 0 amide bonds. The Morgan fingerprint density at radius 3 is 1.80 bits per heavy atom. The van der Waals surface area contributed by atoms with Crippen LogP contribution in [0.1, 0.15) is 6.92 Å². The maximum atomic E-state index is 9.31. The van der Waals surface area contributed by atoms with Crippen LogP contribution in [-0.2, 0) is 34.2 Å². The molecule has 0 aromatic carbocycles. The molecule has 0 aromatic heterocycles. The molecule has 0 radical (unpaired) electrons. The second-order valence-electron chi connectivity index (χ2n) is 0.289. The number of hydrogen-bond acceptors (Lipinski definition) is 1. The Kier molecular flexibility index (Phi) is 37.3. The van der Waals surface area contributed by atoms with Crippen molar-refractivity contribution < 1.29 is 24.6 Å². The first kappa shape index (κ1) is 9.39. The van der Waals surface area contributed by atoms with Gasteiger partial charge in [-0.15, -0.1) is 0 Å². The molecular formula is C2H5AgFS-. The third-order valence-electron chi connectivity index (χ3n) is 0. The van der Waals surface area contributed by atoms with Gasteiger partial charge in [-0.25, -0.2) is 0 Å². The molecule has 0 aliphatic heterocycles. The fourth-order valence-electron chi connectivity index (χ4n) is 0. The summed E-state index contributed by atoms with van der Waals surface area (Å²) in [6.45, 7) is 1.94. The third-order valence-corrected chi connectivity index (χ3v) is 0. The van der Waals surface area contributed by atoms with E-state index in [2.05, 4.69) is 12.6 Å². The zero-order valence-corrected chi connectivity index (χ0v) is 5.09. The van der Waals surface area contributed by atoms with Crippen molar-refractivity contribution in [1.29, 1.82) is 0 Å². The Hall–Kier alpha value is 1.02. The van der Waals surface area contributed by atoms with Gasteiger partial charge in [0.2, 0.25) is 0 Å². The topological polar surface area (TPSA) is 0 Å². The van der Waals surface area contributed by atoms with Crippen LogP contribution >= 0.6 is 0 Å². The molecule has 0 atom stereocenters. The molecule has 0 aromatic rings. The summed E-state index contributed by atoms with van der Waals surface area (Å²) >= 11 is 5.84. The van der Waals surface area contributed by atoms with E-state index in [1.165, 1.54) is 21.6 Å². The summed E-state index contributed by atoms with van der Waals surface area (Å²) in [5.74, 6) is 0.833. The summed E-state index contributed by atoms with van der Waals surface area (Å²) in [4.78, 5) is 0. The Balaban J connectivity index is 0. The van der Waals surface area contributed by atoms with Crippen molar-refractivity contribution in [3.05, 3.63) is 0 Å². The monoisotopic (exact) mass is 187 g/mol. The van der Waals surface area contributed by atoms with Gasteiger partial charge >= 0.3 is 24.6 Å². The Bertz CT molecular complexity index is 9.61. The zero-order valence-electron chi connectivity index (χ0n) is 2.79. The molecule has 0 saturated carbocycles. The van der Waals surface area contributed by atoms with Gasteiger partial charge in [-0.05, 0) is 0 Å². The molecule has 0 fully saturated rings. The van der Waals surface area contributed by atoms with E-state index in [0.29, 0.717) is 0 Å². The molecular weight excluding hydrogens is 183 g/mol. The van der Waals surface area contributed by atoms with Crippen molar-refractivity contribution >= 4 is 12.6 Å². The third kappa shape index (κ3) is 44.0. The van der Waals surface area contributed by atoms with E-state index in [4.69, 9.17) is 0 Å². The molecule has 5 heavy (non-hydrogen) atoms. The van der Waals surface area contributed by atoms with Crippen LogP contribution in [0.15, 0.2) is 0 Å². The van der Waals surface area contributed by atoms with Gasteiger partial charge in [-0.3, -0.25) is 0 Å². The Morgan fingerprint density at radius 2 is 1.80 bits per heavy atom. The zero-order chi connectivity index (χ0) is 4.71. The van der Waals surface area contributed by atoms with Crippen LogP contribution in [0.3, 0.4) is 0 Å². The number of hydrogen-bond donors (Lipinski definition) is 0. The van der Waals surface area contributed by atoms with Gasteiger partial charge in [0, 0.05) is 0 Å². The van der Waals surface area contributed by atoms with E-state index in [1.54, 1.807) is 0 Å². The molecule has 0 heterocycles. The van der Waals surface area contributed by atoms with E-state index >= 15 is 0 Å². The van der Waals surface area contributed by atoms with E-state index in [1.807, 2.05) is 6.92 Å². The minimum atomic E-state index is 0.833. The SMILES string of the molecule is CC[S-].[F][Ag]. The second kappa shape index (κ2) is 19.9. The van der Waals surface area contributed by atoms with Crippen molar-refractivity contribution in [2.45, 2.75) is 6.92 Å². The van der Waals surface area contributed by atoms with Crippen LogP contribution in [0.25, 0.3) is 0 Å². The van der Waals surface area contributed by atoms with Crippen molar-refractivity contribution in [3.63, 3.8) is 0 Å². The summed E-state index contributed by atoms with van der Waals surface area (Å²) in [6, 6.07) is 0. The molecule has 0 bridgehead atoms. The van der Waals surface area contributed by atoms with Crippen molar-refractivity contribution in [1.82, 2.24) is 0 Å². The van der Waals surface area contributed by atoms with E-state index in [-0.39, 0.29) is 0 Å². The number of rotatable bonds is 0. The summed E-state index contributed by atoms with van der Waals surface area (Å²) in [5, 5.41) is 0. The fraction of sp³-hybridized carbons (Fsp3) is 1.00. The van der Waals surface area contributed by atoms with Crippen molar-refractivity contribution in [3.8, 4) is 0 Å². The van der Waals surface area contributed by atoms with Gasteiger partial charge in [0.25, 0.3) is 0 Å². The molecule has 0 saturated heterocycles. The first-order valence-corrected chi connectivity index (χ1v) is 2.25. The molecule has 3 heteroatoms. The molecule has 0 nitrogen and oxygen atoms in total. The minimum absolute atomic E-state index is 0.833. The van der Waals surface area contributed by atoms with Crippen LogP contribution in [0.2, 0.25) is 0 Å². The van der Waals surface area contributed by atoms with Crippen LogP contribution in [-0.4, -0.2) is 5.75 Å². The number of halogens is 1. The summed E-state index contributed by atoms with van der Waals surface area (Å²) in [5.41, 5.74) is 0. The normalized spacial score (nSPS) is 5.00. The van der Waals surface area contributed by atoms with Gasteiger partial charge in [0.05, 0.1) is 0 Å². The van der Waals surface area contributed by atoms with Crippen LogP contribution in [0.4, 0.5) is 3.02 Å². The first-order chi connectivity index (χ1) is 2.41. The van der Waals surface area contributed by atoms with E-state index in [9.17, 15) is 3.02 Å². The van der Waals surface area contributed by atoms with Gasteiger partial charge in [-0.2, -0.15) is 5.75 Å². The summed E-state index contributed by atoms with van der Waals surface area (Å²) in [7, 11) is 0. The Labute approximate surface area is 50.2 Å². The quantitative estimate of drug-likeness (QED) is 0.403.